The Balaban J connectivity index is 1.74. The quantitative estimate of drug-likeness (QED) is 0.557. The van der Waals surface area contributed by atoms with Crippen molar-refractivity contribution < 1.29 is 13.6 Å². The van der Waals surface area contributed by atoms with Crippen molar-refractivity contribution in [1.29, 1.82) is 0 Å². The Morgan fingerprint density at radius 3 is 2.30 bits per heavy atom. The van der Waals surface area contributed by atoms with Crippen molar-refractivity contribution in [3.63, 3.8) is 0 Å². The number of aromatic nitrogens is 1. The van der Waals surface area contributed by atoms with Crippen LogP contribution in [0.1, 0.15) is 70.3 Å². The monoisotopic (exact) mass is 436 g/mol. The molecule has 30 heavy (non-hydrogen) atoms. The normalized spacial score (nSPS) is 22.5. The van der Waals surface area contributed by atoms with Crippen LogP contribution < -0.4 is 0 Å². The summed E-state index contributed by atoms with van der Waals surface area (Å²) < 4.78 is 27.9. The summed E-state index contributed by atoms with van der Waals surface area (Å²) in [6.45, 7) is 9.15. The van der Waals surface area contributed by atoms with E-state index in [4.69, 9.17) is 11.6 Å². The number of alkyl halides is 2. The second kappa shape index (κ2) is 7.22. The molecule has 6 heteroatoms. The molecule has 1 aromatic heterocycles. The Bertz CT molecular complexity index is 947. The lowest BCUT2D eigenvalue weighted by atomic mass is 9.65. The van der Waals surface area contributed by atoms with E-state index in [9.17, 15) is 13.6 Å². The molecule has 2 aliphatic rings. The van der Waals surface area contributed by atoms with E-state index in [1.54, 1.807) is 6.07 Å². The first-order valence-corrected chi connectivity index (χ1v) is 11.3. The first-order chi connectivity index (χ1) is 14.0. The second-order valence-electron chi connectivity index (χ2n) is 10.1. The number of nitrogens with zero attached hydrogens (tertiary/aromatic N) is 1. The molecule has 1 saturated heterocycles. The fraction of sp³-hybridized carbons (Fsp3) is 0.625. The van der Waals surface area contributed by atoms with E-state index < -0.39 is 5.92 Å². The summed E-state index contributed by atoms with van der Waals surface area (Å²) in [5.41, 5.74) is 0.691. The number of halogens is 3. The van der Waals surface area contributed by atoms with E-state index in [1.165, 1.54) is 0 Å². The third-order valence-electron chi connectivity index (χ3n) is 7.78. The number of hydrogen-bond donors (Lipinski definition) is 1. The summed E-state index contributed by atoms with van der Waals surface area (Å²) in [5.74, 6) is -2.19. The maximum absolute atomic E-state index is 13.9. The van der Waals surface area contributed by atoms with Crippen LogP contribution in [0.25, 0.3) is 10.9 Å². The molecule has 1 saturated carbocycles. The molecule has 0 radical (unpaired) electrons. The van der Waals surface area contributed by atoms with Gasteiger partial charge in [-0.15, -0.1) is 0 Å². The molecule has 4 rings (SSSR count). The Morgan fingerprint density at radius 1 is 1.10 bits per heavy atom. The van der Waals surface area contributed by atoms with Gasteiger partial charge in [0.1, 0.15) is 5.69 Å². The number of amides is 1. The molecule has 0 unspecified atom stereocenters. The van der Waals surface area contributed by atoms with E-state index in [1.807, 2.05) is 23.1 Å². The number of nitrogens with one attached hydrogen (secondary N) is 1. The Hall–Kier alpha value is -1.62. The van der Waals surface area contributed by atoms with E-state index in [0.29, 0.717) is 30.1 Å². The van der Waals surface area contributed by atoms with Crippen molar-refractivity contribution >= 4 is 28.4 Å². The SMILES string of the molecule is CC(C)C1(C(C)C)CC2(CCC(F)(F)CC2)CN1C(=O)c1cc2cccc(Cl)c2[nH]1. The summed E-state index contributed by atoms with van der Waals surface area (Å²) in [4.78, 5) is 19.0. The second-order valence-corrected chi connectivity index (χ2v) is 10.5. The number of fused-ring (bicyclic) bond motifs is 1. The van der Waals surface area contributed by atoms with Crippen LogP contribution >= 0.6 is 11.6 Å². The number of benzene rings is 1. The highest BCUT2D eigenvalue weighted by Crippen LogP contribution is 2.57. The number of carbonyl (C=O) groups is 1. The van der Waals surface area contributed by atoms with Crippen LogP contribution in [0.3, 0.4) is 0 Å². The van der Waals surface area contributed by atoms with Crippen molar-refractivity contribution in [3.8, 4) is 0 Å². The molecule has 3 nitrogen and oxygen atoms in total. The first kappa shape index (κ1) is 21.6. The van der Waals surface area contributed by atoms with Gasteiger partial charge in [0.25, 0.3) is 5.91 Å². The van der Waals surface area contributed by atoms with Crippen molar-refractivity contribution in [3.05, 3.63) is 35.0 Å². The molecule has 1 amide bonds. The van der Waals surface area contributed by atoms with E-state index in [0.717, 1.165) is 17.3 Å². The van der Waals surface area contributed by atoms with Gasteiger partial charge >= 0.3 is 0 Å². The largest absolute Gasteiger partial charge is 0.349 e. The van der Waals surface area contributed by atoms with Gasteiger partial charge in [-0.05, 0) is 48.6 Å². The lowest BCUT2D eigenvalue weighted by Gasteiger charge is -2.45. The van der Waals surface area contributed by atoms with E-state index >= 15 is 0 Å². The van der Waals surface area contributed by atoms with Crippen molar-refractivity contribution in [1.82, 2.24) is 9.88 Å². The van der Waals surface area contributed by atoms with Gasteiger partial charge < -0.3 is 9.88 Å². The maximum Gasteiger partial charge on any atom is 0.270 e. The minimum absolute atomic E-state index is 0.0566. The lowest BCUT2D eigenvalue weighted by molar-refractivity contribution is -0.0654. The Morgan fingerprint density at radius 2 is 1.73 bits per heavy atom. The summed E-state index contributed by atoms with van der Waals surface area (Å²) in [5, 5.41) is 1.48. The number of hydrogen-bond acceptors (Lipinski definition) is 1. The number of rotatable bonds is 3. The van der Waals surface area contributed by atoms with E-state index in [2.05, 4.69) is 32.7 Å². The number of para-hydroxylation sites is 1. The van der Waals surface area contributed by atoms with Gasteiger partial charge in [-0.1, -0.05) is 51.4 Å². The van der Waals surface area contributed by atoms with E-state index in [-0.39, 0.29) is 41.5 Å². The predicted molar refractivity (Wildman–Crippen MR) is 117 cm³/mol. The third-order valence-corrected chi connectivity index (χ3v) is 8.09. The average Bonchev–Trinajstić information content (AvgIpc) is 3.26. The fourth-order valence-electron chi connectivity index (χ4n) is 6.05. The van der Waals surface area contributed by atoms with Gasteiger partial charge in [0, 0.05) is 30.3 Å². The van der Waals surface area contributed by atoms with Crippen LogP contribution in [0.15, 0.2) is 24.3 Å². The molecule has 2 heterocycles. The molecule has 1 aromatic carbocycles. The van der Waals surface area contributed by atoms with Crippen molar-refractivity contribution in [2.24, 2.45) is 17.3 Å². The number of H-pyrrole nitrogens is 1. The van der Waals surface area contributed by atoms with Gasteiger partial charge in [0.05, 0.1) is 10.5 Å². The van der Waals surface area contributed by atoms with Gasteiger partial charge in [-0.25, -0.2) is 8.78 Å². The Labute approximate surface area is 182 Å². The molecule has 1 spiro atoms. The maximum atomic E-state index is 13.9. The molecular formula is C24H31ClF2N2O. The van der Waals surface area contributed by atoms with Crippen LogP contribution in [0.2, 0.25) is 5.02 Å². The van der Waals surface area contributed by atoms with Crippen molar-refractivity contribution in [2.75, 3.05) is 6.54 Å². The summed E-state index contributed by atoms with van der Waals surface area (Å²) in [7, 11) is 0. The molecule has 0 bridgehead atoms. The molecule has 2 aromatic rings. The summed E-state index contributed by atoms with van der Waals surface area (Å²) >= 11 is 6.31. The topological polar surface area (TPSA) is 36.1 Å². The highest BCUT2D eigenvalue weighted by Gasteiger charge is 2.59. The minimum atomic E-state index is -2.57. The number of likely N-dealkylation sites (tertiary alicyclic amines) is 1. The smallest absolute Gasteiger partial charge is 0.270 e. The van der Waals surface area contributed by atoms with Crippen LogP contribution in [0.5, 0.6) is 0 Å². The Kier molecular flexibility index (Phi) is 5.20. The molecule has 2 fully saturated rings. The van der Waals surface area contributed by atoms with Crippen LogP contribution in [-0.2, 0) is 0 Å². The molecule has 164 valence electrons. The molecule has 1 aliphatic heterocycles. The molecule has 0 atom stereocenters. The third kappa shape index (κ3) is 3.34. The number of aromatic amines is 1. The van der Waals surface area contributed by atoms with Crippen LogP contribution in [-0.4, -0.2) is 33.8 Å². The highest BCUT2D eigenvalue weighted by atomic mass is 35.5. The highest BCUT2D eigenvalue weighted by molar-refractivity contribution is 6.35. The van der Waals surface area contributed by atoms with Crippen LogP contribution in [0.4, 0.5) is 8.78 Å². The fourth-order valence-corrected chi connectivity index (χ4v) is 6.28. The standard InChI is InChI=1S/C24H31ClF2N2O/c1-15(2)24(16(3)4)13-22(8-10-23(26,27)11-9-22)14-29(24)21(30)19-12-17-6-5-7-18(25)20(17)28-19/h5-7,12,15-16,28H,8-11,13-14H2,1-4H3. The van der Waals surface area contributed by atoms with Crippen LogP contribution in [0, 0.1) is 17.3 Å². The summed E-state index contributed by atoms with van der Waals surface area (Å²) in [6.07, 6.45) is 1.58. The van der Waals surface area contributed by atoms with Gasteiger partial charge in [0.2, 0.25) is 5.92 Å². The average molecular weight is 437 g/mol. The first-order valence-electron chi connectivity index (χ1n) is 11.0. The van der Waals surface area contributed by atoms with Gasteiger partial charge in [0.15, 0.2) is 0 Å². The van der Waals surface area contributed by atoms with Gasteiger partial charge in [-0.3, -0.25) is 4.79 Å². The molecular weight excluding hydrogens is 406 g/mol. The molecule has 1 aliphatic carbocycles. The summed E-state index contributed by atoms with van der Waals surface area (Å²) in [6, 6.07) is 7.46. The minimum Gasteiger partial charge on any atom is -0.349 e. The van der Waals surface area contributed by atoms with Crippen molar-refractivity contribution in [2.45, 2.75) is 71.3 Å². The molecule has 1 N–H and O–H groups in total. The zero-order chi connectivity index (χ0) is 21.9. The number of carbonyl (C=O) groups excluding carboxylic acids is 1. The van der Waals surface area contributed by atoms with Gasteiger partial charge in [-0.2, -0.15) is 0 Å². The zero-order valence-electron chi connectivity index (χ0n) is 18.2. The lowest BCUT2D eigenvalue weighted by Crippen LogP contribution is -2.54. The predicted octanol–water partition coefficient (Wildman–Crippen LogP) is 6.91. The zero-order valence-corrected chi connectivity index (χ0v) is 19.0.